The van der Waals surface area contributed by atoms with Gasteiger partial charge in [0.15, 0.2) is 17.0 Å². The molecule has 0 unspecified atom stereocenters. The highest BCUT2D eigenvalue weighted by Gasteiger charge is 2.29. The first kappa shape index (κ1) is 17.4. The van der Waals surface area contributed by atoms with E-state index in [1.54, 1.807) is 0 Å². The van der Waals surface area contributed by atoms with E-state index < -0.39 is 0 Å². The summed E-state index contributed by atoms with van der Waals surface area (Å²) in [6.07, 6.45) is 9.49. The number of aryl methyl sites for hydroxylation is 1. The van der Waals surface area contributed by atoms with Crippen molar-refractivity contribution in [3.05, 3.63) is 30.2 Å². The van der Waals surface area contributed by atoms with Crippen LogP contribution in [0.4, 0.5) is 17.3 Å². The molecule has 2 aliphatic heterocycles. The highest BCUT2D eigenvalue weighted by Crippen LogP contribution is 2.36. The number of aromatic amines is 1. The van der Waals surface area contributed by atoms with Gasteiger partial charge in [-0.2, -0.15) is 5.10 Å². The minimum absolute atomic E-state index is 0.463. The Morgan fingerprint density at radius 2 is 2.04 bits per heavy atom. The molecule has 7 heteroatoms. The Kier molecular flexibility index (Phi) is 4.18. The molecule has 0 bridgehead atoms. The van der Waals surface area contributed by atoms with Crippen LogP contribution in [0.1, 0.15) is 45.2 Å². The SMILES string of the molecule is CCC1(C)CCN(c2cnc3c(N4CCCc5ncccc54)n[nH]c3n2)CC1. The standard InChI is InChI=1S/C21H27N7/c1-3-21(2)8-12-27(13-9-21)17-14-23-18-19(24-17)25-26-20(18)28-11-5-6-15-16(28)7-4-10-22-15/h4,7,10,14H,3,5-6,8-9,11-13H2,1-2H3,(H,24,25,26). The van der Waals surface area contributed by atoms with Crippen LogP contribution in [0.2, 0.25) is 0 Å². The predicted molar refractivity (Wildman–Crippen MR) is 111 cm³/mol. The lowest BCUT2D eigenvalue weighted by Crippen LogP contribution is -2.38. The Balaban J connectivity index is 1.44. The van der Waals surface area contributed by atoms with Crippen LogP contribution in [0.25, 0.3) is 11.2 Å². The molecule has 7 nitrogen and oxygen atoms in total. The third-order valence-electron chi connectivity index (χ3n) is 6.60. The lowest BCUT2D eigenvalue weighted by molar-refractivity contribution is 0.238. The fourth-order valence-electron chi connectivity index (χ4n) is 4.36. The van der Waals surface area contributed by atoms with E-state index >= 15 is 0 Å². The number of rotatable bonds is 3. The molecule has 5 heterocycles. The molecule has 3 aromatic rings. The van der Waals surface area contributed by atoms with E-state index in [-0.39, 0.29) is 0 Å². The maximum Gasteiger partial charge on any atom is 0.183 e. The van der Waals surface area contributed by atoms with Crippen molar-refractivity contribution >= 4 is 28.5 Å². The van der Waals surface area contributed by atoms with Gasteiger partial charge in [-0.1, -0.05) is 20.3 Å². The monoisotopic (exact) mass is 377 g/mol. The Labute approximate surface area is 165 Å². The molecule has 0 aliphatic carbocycles. The van der Waals surface area contributed by atoms with Gasteiger partial charge in [-0.15, -0.1) is 0 Å². The Bertz CT molecular complexity index is 987. The molecule has 146 valence electrons. The minimum Gasteiger partial charge on any atom is -0.355 e. The number of nitrogens with zero attached hydrogens (tertiary/aromatic N) is 6. The Hall–Kier alpha value is -2.70. The van der Waals surface area contributed by atoms with Gasteiger partial charge in [0.1, 0.15) is 5.82 Å². The van der Waals surface area contributed by atoms with Crippen LogP contribution < -0.4 is 9.80 Å². The van der Waals surface area contributed by atoms with Crippen molar-refractivity contribution in [3.63, 3.8) is 0 Å². The summed E-state index contributed by atoms with van der Waals surface area (Å²) in [4.78, 5) is 18.7. The fraction of sp³-hybridized carbons (Fsp3) is 0.524. The van der Waals surface area contributed by atoms with Crippen LogP contribution in [0, 0.1) is 5.41 Å². The quantitative estimate of drug-likeness (QED) is 0.747. The van der Waals surface area contributed by atoms with Gasteiger partial charge in [0.25, 0.3) is 0 Å². The molecule has 5 rings (SSSR count). The number of hydrogen-bond acceptors (Lipinski definition) is 6. The molecule has 2 aliphatic rings. The number of aromatic nitrogens is 5. The van der Waals surface area contributed by atoms with Gasteiger partial charge < -0.3 is 9.80 Å². The maximum absolute atomic E-state index is 4.85. The summed E-state index contributed by atoms with van der Waals surface area (Å²) < 4.78 is 0. The Morgan fingerprint density at radius 3 is 2.86 bits per heavy atom. The normalized spacial score (nSPS) is 19.1. The van der Waals surface area contributed by atoms with Gasteiger partial charge in [0.05, 0.1) is 17.6 Å². The number of anilines is 3. The zero-order chi connectivity index (χ0) is 19.1. The van der Waals surface area contributed by atoms with E-state index in [9.17, 15) is 0 Å². The van der Waals surface area contributed by atoms with E-state index in [1.807, 2.05) is 18.5 Å². The van der Waals surface area contributed by atoms with Crippen LogP contribution in [0.3, 0.4) is 0 Å². The summed E-state index contributed by atoms with van der Waals surface area (Å²) in [5.41, 5.74) is 4.30. The van der Waals surface area contributed by atoms with Crippen LogP contribution in [-0.2, 0) is 6.42 Å². The average molecular weight is 377 g/mol. The van der Waals surface area contributed by atoms with Crippen molar-refractivity contribution in [2.24, 2.45) is 5.41 Å². The second-order valence-corrected chi connectivity index (χ2v) is 8.35. The largest absolute Gasteiger partial charge is 0.355 e. The summed E-state index contributed by atoms with van der Waals surface area (Å²) in [6, 6.07) is 4.10. The molecular weight excluding hydrogens is 350 g/mol. The van der Waals surface area contributed by atoms with E-state index in [0.29, 0.717) is 5.41 Å². The molecule has 0 atom stereocenters. The Morgan fingerprint density at radius 1 is 1.18 bits per heavy atom. The van der Waals surface area contributed by atoms with Crippen molar-refractivity contribution in [1.29, 1.82) is 0 Å². The molecule has 1 fully saturated rings. The van der Waals surface area contributed by atoms with Crippen molar-refractivity contribution in [2.75, 3.05) is 29.4 Å². The van der Waals surface area contributed by atoms with Crippen LogP contribution in [0.15, 0.2) is 24.5 Å². The van der Waals surface area contributed by atoms with E-state index in [0.717, 1.165) is 66.7 Å². The van der Waals surface area contributed by atoms with Crippen molar-refractivity contribution in [3.8, 4) is 0 Å². The predicted octanol–water partition coefficient (Wildman–Crippen LogP) is 3.85. The highest BCUT2D eigenvalue weighted by molar-refractivity contribution is 5.87. The molecule has 28 heavy (non-hydrogen) atoms. The minimum atomic E-state index is 0.463. The topological polar surface area (TPSA) is 73.8 Å². The first-order chi connectivity index (χ1) is 13.7. The fourth-order valence-corrected chi connectivity index (χ4v) is 4.36. The highest BCUT2D eigenvalue weighted by atomic mass is 15.3. The summed E-state index contributed by atoms with van der Waals surface area (Å²) in [7, 11) is 0. The molecule has 0 aromatic carbocycles. The summed E-state index contributed by atoms with van der Waals surface area (Å²) >= 11 is 0. The van der Waals surface area contributed by atoms with Crippen molar-refractivity contribution in [2.45, 2.75) is 46.0 Å². The first-order valence-electron chi connectivity index (χ1n) is 10.3. The van der Waals surface area contributed by atoms with E-state index in [1.165, 1.54) is 19.3 Å². The number of piperidine rings is 1. The lowest BCUT2D eigenvalue weighted by Gasteiger charge is -2.39. The van der Waals surface area contributed by atoms with Gasteiger partial charge in [-0.3, -0.25) is 10.1 Å². The van der Waals surface area contributed by atoms with Gasteiger partial charge in [0.2, 0.25) is 0 Å². The maximum atomic E-state index is 4.85. The average Bonchev–Trinajstić information content (AvgIpc) is 3.17. The molecule has 3 aromatic heterocycles. The zero-order valence-electron chi connectivity index (χ0n) is 16.6. The smallest absolute Gasteiger partial charge is 0.183 e. The number of H-pyrrole nitrogens is 1. The van der Waals surface area contributed by atoms with Crippen LogP contribution >= 0.6 is 0 Å². The third-order valence-corrected chi connectivity index (χ3v) is 6.60. The molecule has 1 saturated heterocycles. The number of pyridine rings is 1. The van der Waals surface area contributed by atoms with Crippen LogP contribution in [0.5, 0.6) is 0 Å². The van der Waals surface area contributed by atoms with Gasteiger partial charge in [-0.05, 0) is 43.2 Å². The first-order valence-corrected chi connectivity index (χ1v) is 10.3. The van der Waals surface area contributed by atoms with Gasteiger partial charge >= 0.3 is 0 Å². The van der Waals surface area contributed by atoms with Crippen molar-refractivity contribution in [1.82, 2.24) is 25.1 Å². The number of hydrogen-bond donors (Lipinski definition) is 1. The molecule has 1 N–H and O–H groups in total. The van der Waals surface area contributed by atoms with Crippen LogP contribution in [-0.4, -0.2) is 44.8 Å². The number of fused-ring (bicyclic) bond motifs is 2. The van der Waals surface area contributed by atoms with Gasteiger partial charge in [-0.25, -0.2) is 9.97 Å². The summed E-state index contributed by atoms with van der Waals surface area (Å²) in [6.45, 7) is 7.69. The second-order valence-electron chi connectivity index (χ2n) is 8.35. The molecule has 0 spiro atoms. The van der Waals surface area contributed by atoms with Crippen molar-refractivity contribution < 1.29 is 0 Å². The third kappa shape index (κ3) is 2.89. The molecule has 0 amide bonds. The zero-order valence-corrected chi connectivity index (χ0v) is 16.6. The lowest BCUT2D eigenvalue weighted by atomic mass is 9.78. The van der Waals surface area contributed by atoms with Gasteiger partial charge in [0, 0.05) is 25.8 Å². The summed E-state index contributed by atoms with van der Waals surface area (Å²) in [5, 5.41) is 7.68. The summed E-state index contributed by atoms with van der Waals surface area (Å²) in [5.74, 6) is 1.79. The molecular formula is C21H27N7. The molecule has 0 saturated carbocycles. The molecule has 0 radical (unpaired) electrons. The second kappa shape index (κ2) is 6.72. The van der Waals surface area contributed by atoms with E-state index in [2.05, 4.69) is 44.9 Å². The van der Waals surface area contributed by atoms with E-state index in [4.69, 9.17) is 9.97 Å². The number of nitrogens with one attached hydrogen (secondary N) is 1.